The maximum atomic E-state index is 13.2. The van der Waals surface area contributed by atoms with Gasteiger partial charge < -0.3 is 0 Å². The lowest BCUT2D eigenvalue weighted by molar-refractivity contribution is 0.627. The molecule has 3 aromatic heterocycles. The van der Waals surface area contributed by atoms with E-state index >= 15 is 0 Å². The Morgan fingerprint density at radius 2 is 1.80 bits per heavy atom. The first-order valence-corrected chi connectivity index (χ1v) is 8.20. The average Bonchev–Trinajstić information content (AvgIpc) is 3.41. The van der Waals surface area contributed by atoms with Gasteiger partial charge in [-0.3, -0.25) is 0 Å². The van der Waals surface area contributed by atoms with Crippen LogP contribution >= 0.6 is 0 Å². The summed E-state index contributed by atoms with van der Waals surface area (Å²) in [6.07, 6.45) is 9.38. The van der Waals surface area contributed by atoms with E-state index in [1.165, 1.54) is 25.0 Å². The molecule has 0 radical (unpaired) electrons. The number of nitrogens with zero attached hydrogens (tertiary/aromatic N) is 5. The molecule has 1 aliphatic rings. The van der Waals surface area contributed by atoms with E-state index < -0.39 is 0 Å². The van der Waals surface area contributed by atoms with Crippen molar-refractivity contribution in [2.75, 3.05) is 0 Å². The number of hydrogen-bond acceptors (Lipinski definition) is 4. The normalized spacial score (nSPS) is 14.1. The molecule has 6 heteroatoms. The zero-order chi connectivity index (χ0) is 16.8. The van der Waals surface area contributed by atoms with Crippen molar-refractivity contribution in [3.05, 3.63) is 66.8 Å². The third kappa shape index (κ3) is 2.38. The Hall–Kier alpha value is -3.15. The molecule has 1 saturated carbocycles. The molecular formula is C19H14FN5. The maximum absolute atomic E-state index is 13.2. The largest absolute Gasteiger partial charge is 0.244 e. The van der Waals surface area contributed by atoms with Gasteiger partial charge in [0.1, 0.15) is 12.1 Å². The Kier molecular flexibility index (Phi) is 3.09. The Morgan fingerprint density at radius 1 is 0.960 bits per heavy atom. The van der Waals surface area contributed by atoms with Gasteiger partial charge in [0.2, 0.25) is 0 Å². The van der Waals surface area contributed by atoms with Gasteiger partial charge in [-0.1, -0.05) is 0 Å². The topological polar surface area (TPSA) is 56.5 Å². The van der Waals surface area contributed by atoms with Crippen LogP contribution in [0.15, 0.2) is 55.2 Å². The van der Waals surface area contributed by atoms with Crippen molar-refractivity contribution in [3.8, 4) is 16.8 Å². The van der Waals surface area contributed by atoms with Crippen LogP contribution < -0.4 is 0 Å². The first-order chi connectivity index (χ1) is 12.3. The number of rotatable bonds is 3. The van der Waals surface area contributed by atoms with Crippen LogP contribution in [0.5, 0.6) is 0 Å². The van der Waals surface area contributed by atoms with Gasteiger partial charge in [-0.25, -0.2) is 24.0 Å². The van der Waals surface area contributed by atoms with E-state index in [1.54, 1.807) is 35.5 Å². The highest BCUT2D eigenvalue weighted by Gasteiger charge is 2.28. The lowest BCUT2D eigenvalue weighted by Gasteiger charge is -2.08. The lowest BCUT2D eigenvalue weighted by atomic mass is 10.0. The lowest BCUT2D eigenvalue weighted by Crippen LogP contribution is -1.98. The second-order valence-corrected chi connectivity index (χ2v) is 6.22. The van der Waals surface area contributed by atoms with E-state index in [1.807, 2.05) is 12.3 Å². The summed E-state index contributed by atoms with van der Waals surface area (Å²) in [5.74, 6) is 0.248. The second kappa shape index (κ2) is 5.44. The summed E-state index contributed by atoms with van der Waals surface area (Å²) >= 11 is 0. The molecule has 5 nitrogen and oxygen atoms in total. The molecule has 0 aliphatic heterocycles. The van der Waals surface area contributed by atoms with Gasteiger partial charge >= 0.3 is 0 Å². The summed E-state index contributed by atoms with van der Waals surface area (Å²) in [4.78, 5) is 13.2. The van der Waals surface area contributed by atoms with Crippen LogP contribution in [0.1, 0.15) is 24.5 Å². The number of pyridine rings is 1. The monoisotopic (exact) mass is 331 g/mol. The first kappa shape index (κ1) is 14.2. The van der Waals surface area contributed by atoms with Gasteiger partial charge in [-0.15, -0.1) is 0 Å². The summed E-state index contributed by atoms with van der Waals surface area (Å²) in [6, 6.07) is 8.20. The molecule has 0 bridgehead atoms. The highest BCUT2D eigenvalue weighted by molar-refractivity contribution is 5.93. The molecule has 1 aliphatic carbocycles. The molecule has 4 aromatic rings. The van der Waals surface area contributed by atoms with Crippen LogP contribution in [0, 0.1) is 5.82 Å². The van der Waals surface area contributed by atoms with Gasteiger partial charge in [0.25, 0.3) is 0 Å². The Balaban J connectivity index is 1.70. The molecule has 0 N–H and O–H groups in total. The van der Waals surface area contributed by atoms with Crippen molar-refractivity contribution in [3.63, 3.8) is 0 Å². The smallest absolute Gasteiger partial charge is 0.163 e. The molecule has 0 amide bonds. The molecular weight excluding hydrogens is 317 g/mol. The van der Waals surface area contributed by atoms with Crippen molar-refractivity contribution < 1.29 is 4.39 Å². The van der Waals surface area contributed by atoms with Crippen LogP contribution in [0.25, 0.3) is 27.8 Å². The van der Waals surface area contributed by atoms with Gasteiger partial charge in [-0.2, -0.15) is 5.10 Å². The van der Waals surface area contributed by atoms with Crippen molar-refractivity contribution >= 4 is 11.0 Å². The molecule has 0 saturated heterocycles. The Morgan fingerprint density at radius 3 is 2.60 bits per heavy atom. The predicted octanol–water partition coefficient (Wildman–Crippen LogP) is 3.89. The van der Waals surface area contributed by atoms with E-state index in [9.17, 15) is 4.39 Å². The fraction of sp³-hybridized carbons (Fsp3) is 0.158. The van der Waals surface area contributed by atoms with Crippen molar-refractivity contribution in [1.29, 1.82) is 0 Å². The van der Waals surface area contributed by atoms with E-state index in [2.05, 4.69) is 20.1 Å². The molecule has 25 heavy (non-hydrogen) atoms. The third-order valence-electron chi connectivity index (χ3n) is 4.54. The van der Waals surface area contributed by atoms with Crippen LogP contribution in [-0.2, 0) is 0 Å². The zero-order valence-electron chi connectivity index (χ0n) is 13.3. The fourth-order valence-electron chi connectivity index (χ4n) is 3.16. The third-order valence-corrected chi connectivity index (χ3v) is 4.54. The van der Waals surface area contributed by atoms with E-state index in [0.717, 1.165) is 33.5 Å². The SMILES string of the molecule is Fc1ccc(-n2ncc3c(-c4cncnc4C4CC4)ccnc32)cc1. The van der Waals surface area contributed by atoms with Crippen molar-refractivity contribution in [2.45, 2.75) is 18.8 Å². The van der Waals surface area contributed by atoms with Crippen LogP contribution in [0.3, 0.4) is 0 Å². The fourth-order valence-corrected chi connectivity index (χ4v) is 3.16. The quantitative estimate of drug-likeness (QED) is 0.571. The minimum Gasteiger partial charge on any atom is -0.244 e. The van der Waals surface area contributed by atoms with Crippen LogP contribution in [0.2, 0.25) is 0 Å². The van der Waals surface area contributed by atoms with E-state index in [0.29, 0.717) is 5.92 Å². The number of hydrogen-bond donors (Lipinski definition) is 0. The van der Waals surface area contributed by atoms with Gasteiger partial charge in [0, 0.05) is 29.3 Å². The highest BCUT2D eigenvalue weighted by atomic mass is 19.1. The molecule has 0 atom stereocenters. The van der Waals surface area contributed by atoms with E-state index in [-0.39, 0.29) is 5.82 Å². The van der Waals surface area contributed by atoms with E-state index in [4.69, 9.17) is 0 Å². The Labute approximate surface area is 143 Å². The molecule has 1 aromatic carbocycles. The summed E-state index contributed by atoms with van der Waals surface area (Å²) in [6.45, 7) is 0. The number of aromatic nitrogens is 5. The highest BCUT2D eigenvalue weighted by Crippen LogP contribution is 2.43. The zero-order valence-corrected chi connectivity index (χ0v) is 13.3. The average molecular weight is 331 g/mol. The predicted molar refractivity (Wildman–Crippen MR) is 91.8 cm³/mol. The minimum atomic E-state index is -0.274. The van der Waals surface area contributed by atoms with Crippen molar-refractivity contribution in [2.24, 2.45) is 0 Å². The summed E-state index contributed by atoms with van der Waals surface area (Å²) in [5, 5.41) is 5.40. The minimum absolute atomic E-state index is 0.274. The van der Waals surface area contributed by atoms with Gasteiger partial charge in [0.15, 0.2) is 5.65 Å². The molecule has 122 valence electrons. The van der Waals surface area contributed by atoms with Crippen LogP contribution in [-0.4, -0.2) is 24.7 Å². The molecule has 0 spiro atoms. The molecule has 0 unspecified atom stereocenters. The molecule has 3 heterocycles. The molecule has 1 fully saturated rings. The first-order valence-electron chi connectivity index (χ1n) is 8.20. The summed E-state index contributed by atoms with van der Waals surface area (Å²) in [5.41, 5.74) is 4.66. The number of fused-ring (bicyclic) bond motifs is 1. The van der Waals surface area contributed by atoms with Gasteiger partial charge in [0.05, 0.1) is 17.6 Å². The standard InChI is InChI=1S/C19H14FN5/c20-13-3-5-14(6-4-13)25-19-17(10-24-25)15(7-8-22-19)16-9-21-11-23-18(16)12-1-2-12/h3-12H,1-2H2. The number of benzene rings is 1. The van der Waals surface area contributed by atoms with Gasteiger partial charge in [-0.05, 0) is 48.7 Å². The summed E-state index contributed by atoms with van der Waals surface area (Å²) in [7, 11) is 0. The Bertz CT molecular complexity index is 1070. The molecule has 5 rings (SSSR count). The summed E-state index contributed by atoms with van der Waals surface area (Å²) < 4.78 is 14.9. The maximum Gasteiger partial charge on any atom is 0.163 e. The second-order valence-electron chi connectivity index (χ2n) is 6.22. The number of halogens is 1. The van der Waals surface area contributed by atoms with Crippen molar-refractivity contribution in [1.82, 2.24) is 24.7 Å². The van der Waals surface area contributed by atoms with Crippen LogP contribution in [0.4, 0.5) is 4.39 Å².